The zero-order valence-corrected chi connectivity index (χ0v) is 15.1. The number of nitrogens with one attached hydrogen (secondary N) is 1. The minimum absolute atomic E-state index is 0.0900. The molecule has 6 nitrogen and oxygen atoms in total. The first kappa shape index (κ1) is 19.7. The van der Waals surface area contributed by atoms with Crippen molar-refractivity contribution >= 4 is 21.4 Å². The molecule has 9 heteroatoms. The van der Waals surface area contributed by atoms with Crippen LogP contribution in [0.2, 0.25) is 0 Å². The number of anilines is 1. The summed E-state index contributed by atoms with van der Waals surface area (Å²) < 4.78 is 54.0. The quantitative estimate of drug-likeness (QED) is 0.793. The van der Waals surface area contributed by atoms with Crippen LogP contribution in [0.1, 0.15) is 27.2 Å². The lowest BCUT2D eigenvalue weighted by atomic mass is 9.54. The molecule has 0 spiro atoms. The van der Waals surface area contributed by atoms with E-state index >= 15 is 0 Å². The molecule has 0 heterocycles. The van der Waals surface area contributed by atoms with E-state index in [1.807, 2.05) is 20.8 Å². The number of nitrogens with two attached hydrogens (primary N) is 1. The maximum atomic E-state index is 12.7. The molecule has 0 saturated heterocycles. The van der Waals surface area contributed by atoms with Crippen molar-refractivity contribution in [2.45, 2.75) is 49.5 Å². The third-order valence-electron chi connectivity index (χ3n) is 4.89. The number of carbonyl (C=O) groups is 1. The fourth-order valence-corrected chi connectivity index (χ4v) is 3.68. The molecule has 1 aromatic carbocycles. The lowest BCUT2D eigenvalue weighted by Crippen LogP contribution is -2.74. The number of hydrogen-bond donors (Lipinski definition) is 2. The van der Waals surface area contributed by atoms with Crippen molar-refractivity contribution in [2.24, 2.45) is 11.1 Å². The summed E-state index contributed by atoms with van der Waals surface area (Å²) in [6.07, 6.45) is 0.146. The predicted molar refractivity (Wildman–Crippen MR) is 89.0 cm³/mol. The Labute approximate surface area is 145 Å². The van der Waals surface area contributed by atoms with Crippen molar-refractivity contribution in [3.8, 4) is 0 Å². The molecule has 1 saturated carbocycles. The first-order chi connectivity index (χ1) is 11.5. The van der Waals surface area contributed by atoms with Gasteiger partial charge in [-0.25, -0.2) is 8.42 Å². The summed E-state index contributed by atoms with van der Waals surface area (Å²) in [4.78, 5) is 12.0. The van der Waals surface area contributed by atoms with Crippen LogP contribution in [0, 0.1) is 5.41 Å². The first-order valence-electron chi connectivity index (χ1n) is 7.81. The second-order valence-corrected chi connectivity index (χ2v) is 8.55. The molecule has 1 fully saturated rings. The highest BCUT2D eigenvalue weighted by atomic mass is 32.2. The molecule has 1 amide bonds. The van der Waals surface area contributed by atoms with Gasteiger partial charge in [0.25, 0.3) is 0 Å². The Morgan fingerprint density at radius 1 is 1.44 bits per heavy atom. The van der Waals surface area contributed by atoms with Gasteiger partial charge < -0.3 is 15.8 Å². The molecule has 0 aromatic heterocycles. The van der Waals surface area contributed by atoms with Gasteiger partial charge in [-0.2, -0.15) is 8.78 Å². The summed E-state index contributed by atoms with van der Waals surface area (Å²) in [5, 5.41) is 2.53. The standard InChI is InChI=1S/C16H22F2N2O4S/c1-4-24-12-9-16(19,15(12,2)3)13(21)20-10-6-5-7-11(8-10)25(22,23)14(17)18/h5-8,12,14H,4,9,19H2,1-3H3,(H,20,21). The van der Waals surface area contributed by atoms with Gasteiger partial charge in [-0.1, -0.05) is 19.9 Å². The van der Waals surface area contributed by atoms with Crippen molar-refractivity contribution in [2.75, 3.05) is 11.9 Å². The Morgan fingerprint density at radius 2 is 2.08 bits per heavy atom. The molecule has 0 aliphatic heterocycles. The van der Waals surface area contributed by atoms with Crippen LogP contribution in [0.3, 0.4) is 0 Å². The average Bonchev–Trinajstić information content (AvgIpc) is 2.54. The van der Waals surface area contributed by atoms with Gasteiger partial charge in [-0.3, -0.25) is 4.79 Å². The fourth-order valence-electron chi connectivity index (χ4n) is 2.92. The first-order valence-corrected chi connectivity index (χ1v) is 9.35. The summed E-state index contributed by atoms with van der Waals surface area (Å²) in [6, 6.07) is 4.74. The topological polar surface area (TPSA) is 98.5 Å². The highest BCUT2D eigenvalue weighted by Gasteiger charge is 2.62. The Balaban J connectivity index is 2.20. The number of carbonyl (C=O) groups excluding carboxylic acids is 1. The van der Waals surface area contributed by atoms with E-state index in [9.17, 15) is 22.0 Å². The molecule has 2 atom stereocenters. The highest BCUT2D eigenvalue weighted by Crippen LogP contribution is 2.50. The average molecular weight is 376 g/mol. The molecular formula is C16H22F2N2O4S. The number of rotatable bonds is 6. The van der Waals surface area contributed by atoms with Crippen molar-refractivity contribution in [1.82, 2.24) is 0 Å². The van der Waals surface area contributed by atoms with Crippen LogP contribution >= 0.6 is 0 Å². The van der Waals surface area contributed by atoms with E-state index in [-0.39, 0.29) is 11.8 Å². The maximum Gasteiger partial charge on any atom is 0.341 e. The van der Waals surface area contributed by atoms with Crippen molar-refractivity contribution in [3.05, 3.63) is 24.3 Å². The van der Waals surface area contributed by atoms with Crippen LogP contribution in [0.15, 0.2) is 29.2 Å². The number of amides is 1. The van der Waals surface area contributed by atoms with Crippen molar-refractivity contribution in [3.63, 3.8) is 0 Å². The van der Waals surface area contributed by atoms with Gasteiger partial charge in [0.2, 0.25) is 15.7 Å². The van der Waals surface area contributed by atoms with Gasteiger partial charge in [0.05, 0.1) is 11.0 Å². The van der Waals surface area contributed by atoms with E-state index in [1.165, 1.54) is 12.1 Å². The van der Waals surface area contributed by atoms with Gasteiger partial charge >= 0.3 is 5.76 Å². The summed E-state index contributed by atoms with van der Waals surface area (Å²) >= 11 is 0. The Morgan fingerprint density at radius 3 is 2.60 bits per heavy atom. The molecule has 0 radical (unpaired) electrons. The summed E-state index contributed by atoms with van der Waals surface area (Å²) in [7, 11) is -4.74. The van der Waals surface area contributed by atoms with Gasteiger partial charge in [-0.05, 0) is 25.1 Å². The monoisotopic (exact) mass is 376 g/mol. The molecule has 0 bridgehead atoms. The van der Waals surface area contributed by atoms with Crippen LogP contribution in [0.4, 0.5) is 14.5 Å². The predicted octanol–water partition coefficient (Wildman–Crippen LogP) is 2.15. The second kappa shape index (κ2) is 6.62. The maximum absolute atomic E-state index is 12.7. The lowest BCUT2D eigenvalue weighted by molar-refractivity contribution is -0.166. The number of sulfone groups is 1. The summed E-state index contributed by atoms with van der Waals surface area (Å²) in [5.74, 6) is -4.04. The van der Waals surface area contributed by atoms with E-state index in [2.05, 4.69) is 5.32 Å². The van der Waals surface area contributed by atoms with E-state index < -0.39 is 37.4 Å². The number of benzene rings is 1. The fraction of sp³-hybridized carbons (Fsp3) is 0.562. The van der Waals surface area contributed by atoms with E-state index in [0.717, 1.165) is 12.1 Å². The number of halogens is 2. The van der Waals surface area contributed by atoms with Crippen LogP contribution in [0.5, 0.6) is 0 Å². The van der Waals surface area contributed by atoms with Crippen LogP contribution < -0.4 is 11.1 Å². The zero-order chi connectivity index (χ0) is 19.0. The van der Waals surface area contributed by atoms with Crippen LogP contribution in [-0.4, -0.2) is 38.3 Å². The van der Waals surface area contributed by atoms with E-state index in [1.54, 1.807) is 0 Å². The number of ether oxygens (including phenoxy) is 1. The molecular weight excluding hydrogens is 354 g/mol. The van der Waals surface area contributed by atoms with Gasteiger partial charge in [0.15, 0.2) is 0 Å². The molecule has 140 valence electrons. The Hall–Kier alpha value is -1.58. The molecule has 1 aromatic rings. The van der Waals surface area contributed by atoms with Gasteiger partial charge in [0, 0.05) is 24.1 Å². The molecule has 2 rings (SSSR count). The number of hydrogen-bond acceptors (Lipinski definition) is 5. The second-order valence-electron chi connectivity index (χ2n) is 6.63. The molecule has 1 aliphatic rings. The highest BCUT2D eigenvalue weighted by molar-refractivity contribution is 7.91. The van der Waals surface area contributed by atoms with Gasteiger partial charge in [0.1, 0.15) is 5.54 Å². The largest absolute Gasteiger partial charge is 0.378 e. The third-order valence-corrected chi connectivity index (χ3v) is 6.27. The lowest BCUT2D eigenvalue weighted by Gasteiger charge is -2.57. The Kier molecular flexibility index (Phi) is 5.23. The normalized spacial score (nSPS) is 25.5. The SMILES string of the molecule is CCOC1CC(N)(C(=O)Nc2cccc(S(=O)(=O)C(F)F)c2)C1(C)C. The molecule has 1 aliphatic carbocycles. The number of alkyl halides is 2. The third kappa shape index (κ3) is 3.28. The summed E-state index contributed by atoms with van der Waals surface area (Å²) in [6.45, 7) is 5.98. The molecule has 3 N–H and O–H groups in total. The van der Waals surface area contributed by atoms with E-state index in [4.69, 9.17) is 10.5 Å². The smallest absolute Gasteiger partial charge is 0.341 e. The van der Waals surface area contributed by atoms with Crippen molar-refractivity contribution < 1.29 is 26.7 Å². The minimum Gasteiger partial charge on any atom is -0.378 e. The van der Waals surface area contributed by atoms with Gasteiger partial charge in [-0.15, -0.1) is 0 Å². The summed E-state index contributed by atoms with van der Waals surface area (Å²) in [5.41, 5.74) is 4.50. The van der Waals surface area contributed by atoms with E-state index in [0.29, 0.717) is 13.0 Å². The Bertz CT molecular complexity index is 767. The minimum atomic E-state index is -4.74. The molecule has 2 unspecified atom stereocenters. The van der Waals surface area contributed by atoms with Crippen LogP contribution in [0.25, 0.3) is 0 Å². The molecule has 25 heavy (non-hydrogen) atoms. The van der Waals surface area contributed by atoms with Crippen LogP contribution in [-0.2, 0) is 19.4 Å². The zero-order valence-electron chi connectivity index (χ0n) is 14.3. The van der Waals surface area contributed by atoms with Crippen molar-refractivity contribution in [1.29, 1.82) is 0 Å².